The van der Waals surface area contributed by atoms with E-state index in [1.807, 2.05) is 36.4 Å². The van der Waals surface area contributed by atoms with Crippen LogP contribution in [0.1, 0.15) is 21.8 Å². The van der Waals surface area contributed by atoms with Crippen molar-refractivity contribution in [3.05, 3.63) is 65.5 Å². The molecule has 0 atom stereocenters. The van der Waals surface area contributed by atoms with Gasteiger partial charge < -0.3 is 14.0 Å². The summed E-state index contributed by atoms with van der Waals surface area (Å²) < 4.78 is 16.9. The average Bonchev–Trinajstić information content (AvgIpc) is 3.38. The molecular formula is C21H19N3O4S. The predicted molar refractivity (Wildman–Crippen MR) is 111 cm³/mol. The van der Waals surface area contributed by atoms with Crippen LogP contribution >= 0.6 is 11.3 Å². The van der Waals surface area contributed by atoms with Gasteiger partial charge in [0, 0.05) is 6.07 Å². The summed E-state index contributed by atoms with van der Waals surface area (Å²) in [4.78, 5) is 19.5. The van der Waals surface area contributed by atoms with E-state index in [2.05, 4.69) is 5.16 Å². The Balaban J connectivity index is 1.83. The van der Waals surface area contributed by atoms with Crippen LogP contribution in [0.25, 0.3) is 10.2 Å². The monoisotopic (exact) mass is 409 g/mol. The van der Waals surface area contributed by atoms with E-state index in [-0.39, 0.29) is 11.7 Å². The summed E-state index contributed by atoms with van der Waals surface area (Å²) in [6, 6.07) is 15.0. The zero-order valence-electron chi connectivity index (χ0n) is 16.2. The Morgan fingerprint density at radius 1 is 1.10 bits per heavy atom. The molecule has 2 aromatic heterocycles. The van der Waals surface area contributed by atoms with Gasteiger partial charge in [0.1, 0.15) is 21.7 Å². The number of methoxy groups -OCH3 is 2. The second kappa shape index (κ2) is 7.92. The molecule has 0 radical (unpaired) electrons. The van der Waals surface area contributed by atoms with Crippen LogP contribution in [-0.4, -0.2) is 30.3 Å². The van der Waals surface area contributed by atoms with Gasteiger partial charge in [-0.3, -0.25) is 9.69 Å². The number of rotatable bonds is 6. The number of hydrogen-bond acceptors (Lipinski definition) is 7. The number of fused-ring (bicyclic) bond motifs is 1. The summed E-state index contributed by atoms with van der Waals surface area (Å²) in [5.74, 6) is 1.14. The summed E-state index contributed by atoms with van der Waals surface area (Å²) in [5.41, 5.74) is 2.25. The second-order valence-electron chi connectivity index (χ2n) is 6.35. The summed E-state index contributed by atoms with van der Waals surface area (Å²) in [6.07, 6.45) is 0. The van der Waals surface area contributed by atoms with Crippen LogP contribution in [0.3, 0.4) is 0 Å². The molecule has 148 valence electrons. The third kappa shape index (κ3) is 3.66. The summed E-state index contributed by atoms with van der Waals surface area (Å²) >= 11 is 1.36. The van der Waals surface area contributed by atoms with Crippen molar-refractivity contribution in [1.29, 1.82) is 0 Å². The molecular weight excluding hydrogens is 390 g/mol. The smallest absolute Gasteiger partial charge is 0.298 e. The molecule has 0 saturated carbocycles. The summed E-state index contributed by atoms with van der Waals surface area (Å²) in [7, 11) is 3.19. The number of anilines is 1. The number of carbonyl (C=O) groups excluding carboxylic acids is 1. The number of hydrogen-bond donors (Lipinski definition) is 0. The first-order valence-electron chi connectivity index (χ1n) is 8.91. The Morgan fingerprint density at radius 2 is 1.83 bits per heavy atom. The van der Waals surface area contributed by atoms with Gasteiger partial charge in [0.2, 0.25) is 5.76 Å². The minimum atomic E-state index is -0.313. The molecule has 0 saturated heterocycles. The molecule has 7 nitrogen and oxygen atoms in total. The highest BCUT2D eigenvalue weighted by Gasteiger charge is 2.26. The van der Waals surface area contributed by atoms with E-state index in [0.717, 1.165) is 10.3 Å². The zero-order chi connectivity index (χ0) is 20.4. The molecule has 0 aliphatic carbocycles. The zero-order valence-corrected chi connectivity index (χ0v) is 17.0. The maximum absolute atomic E-state index is 13.2. The molecule has 1 amide bonds. The van der Waals surface area contributed by atoms with Crippen molar-refractivity contribution in [2.75, 3.05) is 19.1 Å². The van der Waals surface area contributed by atoms with Gasteiger partial charge in [-0.05, 0) is 24.6 Å². The van der Waals surface area contributed by atoms with Crippen molar-refractivity contribution in [2.45, 2.75) is 13.5 Å². The second-order valence-corrected chi connectivity index (χ2v) is 7.33. The molecule has 2 aromatic carbocycles. The molecule has 2 heterocycles. The fraction of sp³-hybridized carbons (Fsp3) is 0.190. The van der Waals surface area contributed by atoms with Gasteiger partial charge in [0.15, 0.2) is 5.13 Å². The first-order valence-corrected chi connectivity index (χ1v) is 9.73. The van der Waals surface area contributed by atoms with Crippen molar-refractivity contribution in [3.8, 4) is 11.5 Å². The highest BCUT2D eigenvalue weighted by atomic mass is 32.1. The van der Waals surface area contributed by atoms with Gasteiger partial charge in [-0.15, -0.1) is 0 Å². The Kier molecular flexibility index (Phi) is 5.18. The van der Waals surface area contributed by atoms with Crippen molar-refractivity contribution in [2.24, 2.45) is 0 Å². The Labute approximate surface area is 171 Å². The average molecular weight is 409 g/mol. The normalized spacial score (nSPS) is 10.9. The standard InChI is InChI=1S/C21H19N3O4S/c1-13-11-17(28-23-13)20(25)24(12-14-7-5-4-6-8-14)21-22-18-15(26-2)9-10-16(27-3)19(18)29-21/h4-11H,12H2,1-3H3. The van der Waals surface area contributed by atoms with Gasteiger partial charge in [-0.1, -0.05) is 46.8 Å². The van der Waals surface area contributed by atoms with Crippen molar-refractivity contribution in [3.63, 3.8) is 0 Å². The van der Waals surface area contributed by atoms with Crippen molar-refractivity contribution < 1.29 is 18.8 Å². The topological polar surface area (TPSA) is 77.7 Å². The highest BCUT2D eigenvalue weighted by molar-refractivity contribution is 7.22. The number of amides is 1. The van der Waals surface area contributed by atoms with E-state index >= 15 is 0 Å². The number of benzene rings is 2. The van der Waals surface area contributed by atoms with Crippen molar-refractivity contribution >= 4 is 32.6 Å². The van der Waals surface area contributed by atoms with Crippen LogP contribution in [0, 0.1) is 6.92 Å². The van der Waals surface area contributed by atoms with Gasteiger partial charge >= 0.3 is 0 Å². The maximum atomic E-state index is 13.2. The lowest BCUT2D eigenvalue weighted by atomic mass is 10.2. The minimum Gasteiger partial charge on any atom is -0.495 e. The van der Waals surface area contributed by atoms with Gasteiger partial charge in [-0.25, -0.2) is 4.98 Å². The molecule has 0 aliphatic rings. The van der Waals surface area contributed by atoms with Crippen molar-refractivity contribution in [1.82, 2.24) is 10.1 Å². The molecule has 0 N–H and O–H groups in total. The first-order chi connectivity index (χ1) is 14.1. The van der Waals surface area contributed by atoms with Gasteiger partial charge in [0.25, 0.3) is 5.91 Å². The number of thiazole rings is 1. The lowest BCUT2D eigenvalue weighted by Crippen LogP contribution is -2.30. The van der Waals surface area contributed by atoms with Crippen LogP contribution in [0.4, 0.5) is 5.13 Å². The molecule has 0 aliphatic heterocycles. The number of ether oxygens (including phenoxy) is 2. The molecule has 0 unspecified atom stereocenters. The predicted octanol–water partition coefficient (Wildman–Crippen LogP) is 4.46. The summed E-state index contributed by atoms with van der Waals surface area (Å²) in [6.45, 7) is 2.11. The van der Waals surface area contributed by atoms with E-state index in [1.165, 1.54) is 11.3 Å². The first kappa shape index (κ1) is 18.9. The van der Waals surface area contributed by atoms with E-state index in [1.54, 1.807) is 38.2 Å². The quantitative estimate of drug-likeness (QED) is 0.468. The van der Waals surface area contributed by atoms with E-state index in [0.29, 0.717) is 34.4 Å². The molecule has 4 aromatic rings. The van der Waals surface area contributed by atoms with E-state index in [4.69, 9.17) is 19.0 Å². The third-order valence-electron chi connectivity index (χ3n) is 4.40. The van der Waals surface area contributed by atoms with E-state index < -0.39 is 0 Å². The lowest BCUT2D eigenvalue weighted by molar-refractivity contribution is 0.0949. The molecule has 4 rings (SSSR count). The van der Waals surface area contributed by atoms with Crippen LogP contribution in [0.5, 0.6) is 11.5 Å². The summed E-state index contributed by atoms with van der Waals surface area (Å²) in [5, 5.41) is 4.36. The highest BCUT2D eigenvalue weighted by Crippen LogP contribution is 2.40. The largest absolute Gasteiger partial charge is 0.495 e. The third-order valence-corrected chi connectivity index (χ3v) is 5.49. The van der Waals surface area contributed by atoms with Crippen LogP contribution in [0.2, 0.25) is 0 Å². The number of aryl methyl sites for hydroxylation is 1. The maximum Gasteiger partial charge on any atom is 0.298 e. The molecule has 0 bridgehead atoms. The molecule has 8 heteroatoms. The minimum absolute atomic E-state index is 0.164. The Bertz CT molecular complexity index is 1110. The van der Waals surface area contributed by atoms with E-state index in [9.17, 15) is 4.79 Å². The molecule has 29 heavy (non-hydrogen) atoms. The Morgan fingerprint density at radius 3 is 2.48 bits per heavy atom. The number of nitrogens with zero attached hydrogens (tertiary/aromatic N) is 3. The van der Waals surface area contributed by atoms with Crippen LogP contribution < -0.4 is 14.4 Å². The Hall–Kier alpha value is -3.39. The SMILES string of the molecule is COc1ccc(OC)c2sc(N(Cc3ccccc3)C(=O)c3cc(C)no3)nc12. The van der Waals surface area contributed by atoms with Crippen LogP contribution in [-0.2, 0) is 6.54 Å². The fourth-order valence-electron chi connectivity index (χ4n) is 2.98. The van der Waals surface area contributed by atoms with Gasteiger partial charge in [0.05, 0.1) is 26.5 Å². The molecule has 0 fully saturated rings. The fourth-order valence-corrected chi connectivity index (χ4v) is 4.05. The van der Waals surface area contributed by atoms with Gasteiger partial charge in [-0.2, -0.15) is 0 Å². The lowest BCUT2D eigenvalue weighted by Gasteiger charge is -2.18. The van der Waals surface area contributed by atoms with Crippen LogP contribution in [0.15, 0.2) is 53.1 Å². The number of carbonyl (C=O) groups is 1. The number of aromatic nitrogens is 2. The molecule has 0 spiro atoms.